The summed E-state index contributed by atoms with van der Waals surface area (Å²) >= 11 is 0. The highest BCUT2D eigenvalue weighted by molar-refractivity contribution is 6.06. The molecule has 2 aromatic rings. The van der Waals surface area contributed by atoms with Gasteiger partial charge in [0.15, 0.2) is 0 Å². The number of anilines is 2. The summed E-state index contributed by atoms with van der Waals surface area (Å²) in [6.45, 7) is 3.57. The quantitative estimate of drug-likeness (QED) is 0.889. The van der Waals surface area contributed by atoms with Gasteiger partial charge in [0.1, 0.15) is 11.4 Å². The Balaban J connectivity index is 2.29. The van der Waals surface area contributed by atoms with E-state index in [0.717, 1.165) is 5.69 Å². The molecule has 0 unspecified atom stereocenters. The second kappa shape index (κ2) is 7.40. The van der Waals surface area contributed by atoms with Gasteiger partial charge in [-0.3, -0.25) is 9.59 Å². The van der Waals surface area contributed by atoms with E-state index in [1.54, 1.807) is 37.3 Å². The van der Waals surface area contributed by atoms with Crippen LogP contribution in [-0.4, -0.2) is 23.9 Å². The molecular formula is C17H19N3O3. The molecule has 0 saturated heterocycles. The number of nitrogens with one attached hydrogen (secondary N) is 2. The summed E-state index contributed by atoms with van der Waals surface area (Å²) in [5.41, 5.74) is 2.03. The number of aryl methyl sites for hydroxylation is 1. The Morgan fingerprint density at radius 1 is 1.13 bits per heavy atom. The summed E-state index contributed by atoms with van der Waals surface area (Å²) in [4.78, 5) is 28.2. The van der Waals surface area contributed by atoms with E-state index >= 15 is 0 Å². The topological polar surface area (TPSA) is 80.3 Å². The van der Waals surface area contributed by atoms with Crippen molar-refractivity contribution < 1.29 is 14.3 Å². The van der Waals surface area contributed by atoms with Crippen molar-refractivity contribution in [1.29, 1.82) is 0 Å². The van der Waals surface area contributed by atoms with Gasteiger partial charge in [-0.1, -0.05) is 13.0 Å². The maximum Gasteiger partial charge on any atom is 0.274 e. The molecule has 2 rings (SSSR count). The van der Waals surface area contributed by atoms with Crippen LogP contribution in [0.1, 0.15) is 29.5 Å². The SMILES string of the molecule is CCC(=O)Nc1ccc(OC)cc1NC(=O)c1cccc(C)n1. The Bertz CT molecular complexity index is 729. The highest BCUT2D eigenvalue weighted by atomic mass is 16.5. The first-order valence-electron chi connectivity index (χ1n) is 7.26. The van der Waals surface area contributed by atoms with Crippen molar-refractivity contribution in [2.45, 2.75) is 20.3 Å². The number of aromatic nitrogens is 1. The fourth-order valence-corrected chi connectivity index (χ4v) is 1.96. The Morgan fingerprint density at radius 2 is 1.91 bits per heavy atom. The van der Waals surface area contributed by atoms with Crippen LogP contribution in [0.25, 0.3) is 0 Å². The lowest BCUT2D eigenvalue weighted by atomic mass is 10.2. The third kappa shape index (κ3) is 4.29. The first kappa shape index (κ1) is 16.5. The maximum atomic E-state index is 12.3. The fourth-order valence-electron chi connectivity index (χ4n) is 1.96. The average Bonchev–Trinajstić information content (AvgIpc) is 2.56. The van der Waals surface area contributed by atoms with E-state index in [-0.39, 0.29) is 11.8 Å². The highest BCUT2D eigenvalue weighted by Crippen LogP contribution is 2.27. The molecular weight excluding hydrogens is 294 g/mol. The smallest absolute Gasteiger partial charge is 0.274 e. The number of carbonyl (C=O) groups excluding carboxylic acids is 2. The lowest BCUT2D eigenvalue weighted by molar-refractivity contribution is -0.115. The molecule has 2 N–H and O–H groups in total. The molecule has 0 bridgehead atoms. The van der Waals surface area contributed by atoms with E-state index in [9.17, 15) is 9.59 Å². The monoisotopic (exact) mass is 313 g/mol. The van der Waals surface area contributed by atoms with Crippen molar-refractivity contribution in [3.05, 3.63) is 47.8 Å². The predicted molar refractivity (Wildman–Crippen MR) is 88.8 cm³/mol. The normalized spacial score (nSPS) is 10.0. The van der Waals surface area contributed by atoms with Gasteiger partial charge >= 0.3 is 0 Å². The van der Waals surface area contributed by atoms with E-state index in [4.69, 9.17) is 4.74 Å². The van der Waals surface area contributed by atoms with Crippen LogP contribution in [0.2, 0.25) is 0 Å². The second-order valence-electron chi connectivity index (χ2n) is 4.93. The lowest BCUT2D eigenvalue weighted by Gasteiger charge is -2.13. The van der Waals surface area contributed by atoms with Gasteiger partial charge in [0.2, 0.25) is 5.91 Å². The molecule has 6 nitrogen and oxygen atoms in total. The fraction of sp³-hybridized carbons (Fsp3) is 0.235. The van der Waals surface area contributed by atoms with Crippen molar-refractivity contribution in [3.8, 4) is 5.75 Å². The molecule has 0 aliphatic rings. The van der Waals surface area contributed by atoms with Gasteiger partial charge in [0.05, 0.1) is 18.5 Å². The number of hydrogen-bond acceptors (Lipinski definition) is 4. The number of pyridine rings is 1. The van der Waals surface area contributed by atoms with Crippen LogP contribution < -0.4 is 15.4 Å². The van der Waals surface area contributed by atoms with Gasteiger partial charge in [-0.05, 0) is 31.2 Å². The largest absolute Gasteiger partial charge is 0.497 e. The molecule has 0 aliphatic carbocycles. The van der Waals surface area contributed by atoms with Crippen molar-refractivity contribution in [2.24, 2.45) is 0 Å². The zero-order chi connectivity index (χ0) is 16.8. The molecule has 1 heterocycles. The molecule has 0 spiro atoms. The number of hydrogen-bond donors (Lipinski definition) is 2. The molecule has 0 fully saturated rings. The minimum absolute atomic E-state index is 0.139. The Kier molecular flexibility index (Phi) is 5.30. The van der Waals surface area contributed by atoms with Gasteiger partial charge in [0, 0.05) is 18.2 Å². The molecule has 1 aromatic carbocycles. The van der Waals surface area contributed by atoms with E-state index < -0.39 is 0 Å². The van der Waals surface area contributed by atoms with E-state index in [1.165, 1.54) is 7.11 Å². The predicted octanol–water partition coefficient (Wildman–Crippen LogP) is 3.00. The van der Waals surface area contributed by atoms with Crippen LogP contribution >= 0.6 is 0 Å². The summed E-state index contributed by atoms with van der Waals surface area (Å²) in [7, 11) is 1.54. The summed E-state index contributed by atoms with van der Waals surface area (Å²) in [5.74, 6) is 0.0836. The molecule has 120 valence electrons. The number of amides is 2. The van der Waals surface area contributed by atoms with Crippen LogP contribution in [0, 0.1) is 6.92 Å². The molecule has 0 radical (unpaired) electrons. The van der Waals surface area contributed by atoms with Crippen LogP contribution in [0.4, 0.5) is 11.4 Å². The number of carbonyl (C=O) groups is 2. The Morgan fingerprint density at radius 3 is 2.57 bits per heavy atom. The molecule has 0 saturated carbocycles. The molecule has 23 heavy (non-hydrogen) atoms. The minimum atomic E-state index is -0.353. The van der Waals surface area contributed by atoms with Crippen molar-refractivity contribution in [2.75, 3.05) is 17.7 Å². The molecule has 6 heteroatoms. The van der Waals surface area contributed by atoms with Crippen LogP contribution in [-0.2, 0) is 4.79 Å². The van der Waals surface area contributed by atoms with Gasteiger partial charge in [-0.25, -0.2) is 4.98 Å². The molecule has 0 atom stereocenters. The highest BCUT2D eigenvalue weighted by Gasteiger charge is 2.13. The number of rotatable bonds is 5. The van der Waals surface area contributed by atoms with Gasteiger partial charge in [0.25, 0.3) is 5.91 Å². The van der Waals surface area contributed by atoms with Gasteiger partial charge < -0.3 is 15.4 Å². The van der Waals surface area contributed by atoms with E-state index in [1.807, 2.05) is 13.0 Å². The third-order valence-corrected chi connectivity index (χ3v) is 3.19. The van der Waals surface area contributed by atoms with Gasteiger partial charge in [-0.15, -0.1) is 0 Å². The zero-order valence-corrected chi connectivity index (χ0v) is 13.3. The summed E-state index contributed by atoms with van der Waals surface area (Å²) < 4.78 is 5.17. The number of nitrogens with zero attached hydrogens (tertiary/aromatic N) is 1. The van der Waals surface area contributed by atoms with E-state index in [0.29, 0.717) is 29.2 Å². The standard InChI is InChI=1S/C17H19N3O3/c1-4-16(21)19-13-9-8-12(23-3)10-15(13)20-17(22)14-7-5-6-11(2)18-14/h5-10H,4H2,1-3H3,(H,19,21)(H,20,22). The van der Waals surface area contributed by atoms with E-state index in [2.05, 4.69) is 15.6 Å². The van der Waals surface area contributed by atoms with Crippen molar-refractivity contribution in [1.82, 2.24) is 4.98 Å². The Labute approximate surface area is 134 Å². The summed E-state index contributed by atoms with van der Waals surface area (Å²) in [5, 5.41) is 5.51. The summed E-state index contributed by atoms with van der Waals surface area (Å²) in [6, 6.07) is 10.3. The van der Waals surface area contributed by atoms with Crippen LogP contribution in [0.3, 0.4) is 0 Å². The lowest BCUT2D eigenvalue weighted by Crippen LogP contribution is -2.17. The maximum absolute atomic E-state index is 12.3. The zero-order valence-electron chi connectivity index (χ0n) is 13.3. The molecule has 2 amide bonds. The van der Waals surface area contributed by atoms with Crippen molar-refractivity contribution >= 4 is 23.2 Å². The number of ether oxygens (including phenoxy) is 1. The van der Waals surface area contributed by atoms with Crippen LogP contribution in [0.15, 0.2) is 36.4 Å². The Hall–Kier alpha value is -2.89. The minimum Gasteiger partial charge on any atom is -0.497 e. The molecule has 0 aliphatic heterocycles. The third-order valence-electron chi connectivity index (χ3n) is 3.19. The average molecular weight is 313 g/mol. The summed E-state index contributed by atoms with van der Waals surface area (Å²) in [6.07, 6.45) is 0.346. The second-order valence-corrected chi connectivity index (χ2v) is 4.93. The van der Waals surface area contributed by atoms with Gasteiger partial charge in [-0.2, -0.15) is 0 Å². The molecule has 1 aromatic heterocycles. The van der Waals surface area contributed by atoms with Crippen molar-refractivity contribution in [3.63, 3.8) is 0 Å². The first-order valence-corrected chi connectivity index (χ1v) is 7.26. The number of methoxy groups -OCH3 is 1. The van der Waals surface area contributed by atoms with Crippen LogP contribution in [0.5, 0.6) is 5.75 Å². The first-order chi connectivity index (χ1) is 11.0. The number of benzene rings is 1.